The summed E-state index contributed by atoms with van der Waals surface area (Å²) in [5, 5.41) is 2.86. The van der Waals surface area contributed by atoms with E-state index >= 15 is 0 Å². The highest BCUT2D eigenvalue weighted by molar-refractivity contribution is 9.10. The maximum Gasteiger partial charge on any atom is 0.256 e. The molecule has 1 aliphatic rings. The van der Waals surface area contributed by atoms with Gasteiger partial charge in [-0.25, -0.2) is 0 Å². The van der Waals surface area contributed by atoms with E-state index in [9.17, 15) is 9.59 Å². The highest BCUT2D eigenvalue weighted by atomic mass is 79.9. The molecule has 0 saturated carbocycles. The molecule has 3 rings (SSSR count). The van der Waals surface area contributed by atoms with Gasteiger partial charge in [-0.05, 0) is 53.0 Å². The number of para-hydroxylation sites is 1. The van der Waals surface area contributed by atoms with Gasteiger partial charge in [0.15, 0.2) is 0 Å². The second-order valence-corrected chi connectivity index (χ2v) is 6.33. The first-order chi connectivity index (χ1) is 11.2. The van der Waals surface area contributed by atoms with E-state index in [4.69, 9.17) is 0 Å². The standard InChI is InChI=1S/C18H17BrN2O2/c19-15-9-3-1-7-13(15)17(22)20-16-10-4-2-8-14(16)18(23)21-11-5-6-12-21/h1-4,7-10H,5-6,11-12H2,(H,20,22). The first-order valence-corrected chi connectivity index (χ1v) is 8.40. The van der Waals surface area contributed by atoms with Crippen molar-refractivity contribution >= 4 is 33.4 Å². The number of likely N-dealkylation sites (tertiary alicyclic amines) is 1. The zero-order valence-corrected chi connectivity index (χ0v) is 14.2. The largest absolute Gasteiger partial charge is 0.339 e. The van der Waals surface area contributed by atoms with Crippen LogP contribution in [0.5, 0.6) is 0 Å². The molecule has 4 nitrogen and oxygen atoms in total. The smallest absolute Gasteiger partial charge is 0.256 e. The van der Waals surface area contributed by atoms with Gasteiger partial charge in [-0.15, -0.1) is 0 Å². The Kier molecular flexibility index (Phi) is 4.76. The monoisotopic (exact) mass is 372 g/mol. The van der Waals surface area contributed by atoms with Gasteiger partial charge >= 0.3 is 0 Å². The van der Waals surface area contributed by atoms with Gasteiger partial charge in [0, 0.05) is 17.6 Å². The summed E-state index contributed by atoms with van der Waals surface area (Å²) in [6.45, 7) is 1.57. The van der Waals surface area contributed by atoms with E-state index in [0.717, 1.165) is 30.4 Å². The molecule has 1 aliphatic heterocycles. The quantitative estimate of drug-likeness (QED) is 0.886. The first kappa shape index (κ1) is 15.7. The number of hydrogen-bond donors (Lipinski definition) is 1. The fourth-order valence-corrected chi connectivity index (χ4v) is 3.17. The van der Waals surface area contributed by atoms with Crippen LogP contribution in [-0.2, 0) is 0 Å². The number of carbonyl (C=O) groups excluding carboxylic acids is 2. The highest BCUT2D eigenvalue weighted by Crippen LogP contribution is 2.22. The Labute approximate surface area is 143 Å². The summed E-state index contributed by atoms with van der Waals surface area (Å²) in [4.78, 5) is 26.9. The first-order valence-electron chi connectivity index (χ1n) is 7.61. The minimum atomic E-state index is -0.237. The number of rotatable bonds is 3. The molecule has 0 unspecified atom stereocenters. The molecule has 5 heteroatoms. The molecule has 1 saturated heterocycles. The fourth-order valence-electron chi connectivity index (χ4n) is 2.70. The van der Waals surface area contributed by atoms with Crippen molar-refractivity contribution < 1.29 is 9.59 Å². The Bertz CT molecular complexity index is 739. The third kappa shape index (κ3) is 3.45. The van der Waals surface area contributed by atoms with Gasteiger partial charge in [0.1, 0.15) is 0 Å². The lowest BCUT2D eigenvalue weighted by Gasteiger charge is -2.18. The van der Waals surface area contributed by atoms with Gasteiger partial charge in [0.05, 0.1) is 16.8 Å². The van der Waals surface area contributed by atoms with Crippen molar-refractivity contribution in [3.05, 3.63) is 64.1 Å². The van der Waals surface area contributed by atoms with Crippen LogP contribution in [0.2, 0.25) is 0 Å². The van der Waals surface area contributed by atoms with Crippen LogP contribution >= 0.6 is 15.9 Å². The number of anilines is 1. The zero-order valence-electron chi connectivity index (χ0n) is 12.6. The average Bonchev–Trinajstić information content (AvgIpc) is 3.09. The van der Waals surface area contributed by atoms with Crippen LogP contribution in [0, 0.1) is 0 Å². The van der Waals surface area contributed by atoms with Crippen molar-refractivity contribution in [1.29, 1.82) is 0 Å². The van der Waals surface area contributed by atoms with E-state index in [1.165, 1.54) is 0 Å². The van der Waals surface area contributed by atoms with Gasteiger partial charge in [-0.1, -0.05) is 24.3 Å². The fraction of sp³-hybridized carbons (Fsp3) is 0.222. The predicted octanol–water partition coefficient (Wildman–Crippen LogP) is 3.94. The Morgan fingerprint density at radius 2 is 1.52 bits per heavy atom. The minimum Gasteiger partial charge on any atom is -0.339 e. The molecule has 2 aromatic carbocycles. The SMILES string of the molecule is O=C(Nc1ccccc1C(=O)N1CCCC1)c1ccccc1Br. The molecule has 23 heavy (non-hydrogen) atoms. The van der Waals surface area contributed by atoms with Crippen LogP contribution in [0.4, 0.5) is 5.69 Å². The number of hydrogen-bond acceptors (Lipinski definition) is 2. The Morgan fingerprint density at radius 3 is 2.22 bits per heavy atom. The summed E-state index contributed by atoms with van der Waals surface area (Å²) in [5.41, 5.74) is 1.62. The molecule has 2 aromatic rings. The summed E-state index contributed by atoms with van der Waals surface area (Å²) >= 11 is 3.38. The summed E-state index contributed by atoms with van der Waals surface area (Å²) in [7, 11) is 0. The molecule has 0 aliphatic carbocycles. The van der Waals surface area contributed by atoms with Gasteiger partial charge in [0.25, 0.3) is 11.8 Å². The van der Waals surface area contributed by atoms with E-state index < -0.39 is 0 Å². The van der Waals surface area contributed by atoms with Gasteiger partial charge in [-0.2, -0.15) is 0 Å². The molecular formula is C18H17BrN2O2. The number of carbonyl (C=O) groups is 2. The van der Waals surface area contributed by atoms with Gasteiger partial charge < -0.3 is 10.2 Å². The van der Waals surface area contributed by atoms with E-state index in [-0.39, 0.29) is 11.8 Å². The van der Waals surface area contributed by atoms with Crippen LogP contribution in [0.15, 0.2) is 53.0 Å². The molecule has 1 heterocycles. The third-order valence-corrected chi connectivity index (χ3v) is 4.61. The lowest BCUT2D eigenvalue weighted by molar-refractivity contribution is 0.0794. The van der Waals surface area contributed by atoms with Crippen LogP contribution in [0.3, 0.4) is 0 Å². The van der Waals surface area contributed by atoms with Crippen molar-refractivity contribution in [2.75, 3.05) is 18.4 Å². The summed E-state index contributed by atoms with van der Waals surface area (Å²) in [5.74, 6) is -0.260. The number of halogens is 1. The molecule has 2 amide bonds. The average molecular weight is 373 g/mol. The minimum absolute atomic E-state index is 0.0227. The van der Waals surface area contributed by atoms with Crippen molar-refractivity contribution in [1.82, 2.24) is 4.90 Å². The second kappa shape index (κ2) is 6.96. The summed E-state index contributed by atoms with van der Waals surface area (Å²) in [6.07, 6.45) is 2.08. The number of amides is 2. The molecule has 0 radical (unpaired) electrons. The second-order valence-electron chi connectivity index (χ2n) is 5.48. The van der Waals surface area contributed by atoms with Crippen LogP contribution < -0.4 is 5.32 Å². The van der Waals surface area contributed by atoms with Crippen LogP contribution in [0.25, 0.3) is 0 Å². The Hall–Kier alpha value is -2.14. The van der Waals surface area contributed by atoms with Crippen molar-refractivity contribution in [3.8, 4) is 0 Å². The topological polar surface area (TPSA) is 49.4 Å². The Morgan fingerprint density at radius 1 is 0.913 bits per heavy atom. The maximum absolute atomic E-state index is 12.6. The summed E-state index contributed by atoms with van der Waals surface area (Å²) in [6, 6.07) is 14.4. The molecule has 0 aromatic heterocycles. The maximum atomic E-state index is 12.6. The molecular weight excluding hydrogens is 356 g/mol. The predicted molar refractivity (Wildman–Crippen MR) is 93.7 cm³/mol. The summed E-state index contributed by atoms with van der Waals surface area (Å²) < 4.78 is 0.723. The van der Waals surface area contributed by atoms with E-state index in [1.54, 1.807) is 24.3 Å². The van der Waals surface area contributed by atoms with Gasteiger partial charge in [-0.3, -0.25) is 9.59 Å². The van der Waals surface area contributed by atoms with Crippen molar-refractivity contribution in [3.63, 3.8) is 0 Å². The van der Waals surface area contributed by atoms with E-state index in [0.29, 0.717) is 16.8 Å². The molecule has 1 fully saturated rings. The van der Waals surface area contributed by atoms with E-state index in [1.807, 2.05) is 29.2 Å². The number of benzene rings is 2. The molecule has 118 valence electrons. The lowest BCUT2D eigenvalue weighted by Crippen LogP contribution is -2.28. The van der Waals surface area contributed by atoms with Crippen molar-refractivity contribution in [2.45, 2.75) is 12.8 Å². The Balaban J connectivity index is 1.84. The molecule has 0 bridgehead atoms. The van der Waals surface area contributed by atoms with Crippen molar-refractivity contribution in [2.24, 2.45) is 0 Å². The molecule has 0 spiro atoms. The third-order valence-electron chi connectivity index (χ3n) is 3.92. The van der Waals surface area contributed by atoms with Crippen LogP contribution in [-0.4, -0.2) is 29.8 Å². The highest BCUT2D eigenvalue weighted by Gasteiger charge is 2.22. The lowest BCUT2D eigenvalue weighted by atomic mass is 10.1. The van der Waals surface area contributed by atoms with Crippen LogP contribution in [0.1, 0.15) is 33.6 Å². The van der Waals surface area contributed by atoms with Gasteiger partial charge in [0.2, 0.25) is 0 Å². The normalized spacial score (nSPS) is 13.9. The molecule has 0 atom stereocenters. The van der Waals surface area contributed by atoms with E-state index in [2.05, 4.69) is 21.2 Å². The number of nitrogens with one attached hydrogen (secondary N) is 1. The number of nitrogens with zero attached hydrogens (tertiary/aromatic N) is 1. The molecule has 1 N–H and O–H groups in total. The zero-order chi connectivity index (χ0) is 16.2.